The lowest BCUT2D eigenvalue weighted by Crippen LogP contribution is -2.38. The summed E-state index contributed by atoms with van der Waals surface area (Å²) in [7, 11) is 0. The van der Waals surface area contributed by atoms with Gasteiger partial charge in [-0.15, -0.1) is 10.2 Å². The number of carbonyl (C=O) groups is 1. The Balaban J connectivity index is 1.34. The van der Waals surface area contributed by atoms with Crippen LogP contribution in [0.1, 0.15) is 12.8 Å². The van der Waals surface area contributed by atoms with E-state index in [9.17, 15) is 4.79 Å². The molecular weight excluding hydrogens is 374 g/mol. The Morgan fingerprint density at radius 3 is 2.32 bits per heavy atom. The Kier molecular flexibility index (Phi) is 5.48. The van der Waals surface area contributed by atoms with Crippen molar-refractivity contribution in [1.29, 1.82) is 0 Å². The monoisotopic (exact) mass is 393 g/mol. The molecule has 2 aromatic heterocycles. The summed E-state index contributed by atoms with van der Waals surface area (Å²) in [6.45, 7) is 1.56. The summed E-state index contributed by atoms with van der Waals surface area (Å²) in [5, 5.41) is 12.4. The van der Waals surface area contributed by atoms with Crippen molar-refractivity contribution < 1.29 is 4.79 Å². The fourth-order valence-electron chi connectivity index (χ4n) is 3.32. The van der Waals surface area contributed by atoms with E-state index < -0.39 is 0 Å². The van der Waals surface area contributed by atoms with Gasteiger partial charge in [-0.1, -0.05) is 23.7 Å². The number of nitrogens with zero attached hydrogens (tertiary/aromatic N) is 4. The van der Waals surface area contributed by atoms with Crippen molar-refractivity contribution in [2.24, 2.45) is 5.92 Å². The van der Waals surface area contributed by atoms with Crippen LogP contribution in [0, 0.1) is 5.92 Å². The summed E-state index contributed by atoms with van der Waals surface area (Å²) in [6.07, 6.45) is 4.92. The number of rotatable bonds is 4. The summed E-state index contributed by atoms with van der Waals surface area (Å²) in [4.78, 5) is 18.6. The van der Waals surface area contributed by atoms with Crippen LogP contribution in [0.25, 0.3) is 11.3 Å². The molecule has 0 aliphatic carbocycles. The largest absolute Gasteiger partial charge is 0.355 e. The molecule has 0 spiro atoms. The van der Waals surface area contributed by atoms with Gasteiger partial charge in [-0.25, -0.2) is 0 Å². The molecule has 0 radical (unpaired) electrons. The van der Waals surface area contributed by atoms with E-state index in [0.29, 0.717) is 5.02 Å². The molecule has 3 aromatic rings. The highest BCUT2D eigenvalue weighted by Gasteiger charge is 2.25. The zero-order chi connectivity index (χ0) is 19.3. The van der Waals surface area contributed by atoms with Crippen molar-refractivity contribution in [3.8, 4) is 11.3 Å². The third-order valence-electron chi connectivity index (χ3n) is 4.93. The topological polar surface area (TPSA) is 71.0 Å². The standard InChI is InChI=1S/C21H20ClN5O/c22-17-3-1-15(2-4-17)19-5-6-20(26-25-19)27-13-9-16(10-14-27)21(28)24-18-7-11-23-12-8-18/h1-8,11-12,16H,9-10,13-14H2,(H,23,24,28). The van der Waals surface area contributed by atoms with Gasteiger partial charge in [0.25, 0.3) is 0 Å². The number of amides is 1. The predicted octanol–water partition coefficient (Wildman–Crippen LogP) is 4.05. The van der Waals surface area contributed by atoms with Crippen molar-refractivity contribution in [1.82, 2.24) is 15.2 Å². The number of piperidine rings is 1. The summed E-state index contributed by atoms with van der Waals surface area (Å²) in [5.74, 6) is 0.909. The first-order valence-electron chi connectivity index (χ1n) is 9.24. The summed E-state index contributed by atoms with van der Waals surface area (Å²) in [5.41, 5.74) is 2.58. The first kappa shape index (κ1) is 18.4. The molecule has 6 nitrogen and oxygen atoms in total. The second-order valence-corrected chi connectivity index (χ2v) is 7.21. The molecule has 1 saturated heterocycles. The van der Waals surface area contributed by atoms with Crippen molar-refractivity contribution >= 4 is 29.0 Å². The van der Waals surface area contributed by atoms with Crippen molar-refractivity contribution in [2.75, 3.05) is 23.3 Å². The van der Waals surface area contributed by atoms with Gasteiger partial charge in [0, 0.05) is 47.7 Å². The minimum absolute atomic E-state index is 0.00529. The van der Waals surface area contributed by atoms with Gasteiger partial charge in [0.2, 0.25) is 5.91 Å². The van der Waals surface area contributed by atoms with Crippen LogP contribution in [0.15, 0.2) is 60.9 Å². The van der Waals surface area contributed by atoms with E-state index in [0.717, 1.165) is 48.7 Å². The number of halogens is 1. The molecule has 3 heterocycles. The highest BCUT2D eigenvalue weighted by Crippen LogP contribution is 2.25. The Bertz CT molecular complexity index is 923. The quantitative estimate of drug-likeness (QED) is 0.724. The smallest absolute Gasteiger partial charge is 0.227 e. The first-order valence-corrected chi connectivity index (χ1v) is 9.62. The summed E-state index contributed by atoms with van der Waals surface area (Å²) < 4.78 is 0. The maximum atomic E-state index is 12.4. The molecule has 1 fully saturated rings. The zero-order valence-corrected chi connectivity index (χ0v) is 16.0. The van der Waals surface area contributed by atoms with Crippen molar-refractivity contribution in [3.05, 3.63) is 65.9 Å². The van der Waals surface area contributed by atoms with E-state index in [1.165, 1.54) is 0 Å². The van der Waals surface area contributed by atoms with Crippen LogP contribution < -0.4 is 10.2 Å². The van der Waals surface area contributed by atoms with Crippen LogP contribution in [0.4, 0.5) is 11.5 Å². The Labute approximate surface area is 168 Å². The molecule has 7 heteroatoms. The van der Waals surface area contributed by atoms with Gasteiger partial charge in [0.1, 0.15) is 0 Å². The van der Waals surface area contributed by atoms with Crippen LogP contribution in [0.3, 0.4) is 0 Å². The van der Waals surface area contributed by atoms with Gasteiger partial charge in [-0.05, 0) is 49.2 Å². The molecule has 1 aliphatic rings. The average molecular weight is 394 g/mol. The minimum atomic E-state index is 0.00529. The highest BCUT2D eigenvalue weighted by atomic mass is 35.5. The SMILES string of the molecule is O=C(Nc1ccncc1)C1CCN(c2ccc(-c3ccc(Cl)cc3)nn2)CC1. The van der Waals surface area contributed by atoms with Crippen LogP contribution >= 0.6 is 11.6 Å². The van der Waals surface area contributed by atoms with Gasteiger partial charge in [0.15, 0.2) is 5.82 Å². The number of benzene rings is 1. The molecule has 1 aliphatic heterocycles. The first-order chi connectivity index (χ1) is 13.7. The van der Waals surface area contributed by atoms with Gasteiger partial charge in [-0.2, -0.15) is 0 Å². The Morgan fingerprint density at radius 2 is 1.68 bits per heavy atom. The van der Waals surface area contributed by atoms with E-state index in [2.05, 4.69) is 25.4 Å². The number of anilines is 2. The number of hydrogen-bond acceptors (Lipinski definition) is 5. The Morgan fingerprint density at radius 1 is 0.964 bits per heavy atom. The molecule has 0 bridgehead atoms. The van der Waals surface area contributed by atoms with E-state index >= 15 is 0 Å². The second kappa shape index (κ2) is 8.35. The molecule has 1 N–H and O–H groups in total. The normalized spacial score (nSPS) is 14.7. The molecular formula is C21H20ClN5O. The molecule has 142 valence electrons. The third kappa shape index (κ3) is 4.28. The van der Waals surface area contributed by atoms with Gasteiger partial charge < -0.3 is 10.2 Å². The van der Waals surface area contributed by atoms with Crippen molar-refractivity contribution in [2.45, 2.75) is 12.8 Å². The number of pyridine rings is 1. The predicted molar refractivity (Wildman–Crippen MR) is 110 cm³/mol. The van der Waals surface area contributed by atoms with Crippen LogP contribution in [-0.2, 0) is 4.79 Å². The second-order valence-electron chi connectivity index (χ2n) is 6.77. The molecule has 0 saturated carbocycles. The fraction of sp³-hybridized carbons (Fsp3) is 0.238. The lowest BCUT2D eigenvalue weighted by molar-refractivity contribution is -0.120. The molecule has 1 amide bonds. The maximum Gasteiger partial charge on any atom is 0.227 e. The third-order valence-corrected chi connectivity index (χ3v) is 5.18. The molecule has 0 unspecified atom stereocenters. The maximum absolute atomic E-state index is 12.4. The molecule has 1 aromatic carbocycles. The fourth-order valence-corrected chi connectivity index (χ4v) is 3.44. The highest BCUT2D eigenvalue weighted by molar-refractivity contribution is 6.30. The Hall–Kier alpha value is -2.99. The van der Waals surface area contributed by atoms with Gasteiger partial charge in [0.05, 0.1) is 5.69 Å². The van der Waals surface area contributed by atoms with E-state index in [-0.39, 0.29) is 11.8 Å². The summed E-state index contributed by atoms with van der Waals surface area (Å²) in [6, 6.07) is 15.1. The number of nitrogens with one attached hydrogen (secondary N) is 1. The van der Waals surface area contributed by atoms with E-state index in [1.807, 2.05) is 36.4 Å². The summed E-state index contributed by atoms with van der Waals surface area (Å²) >= 11 is 5.93. The molecule has 4 rings (SSSR count). The number of aromatic nitrogens is 3. The van der Waals surface area contributed by atoms with Gasteiger partial charge in [-0.3, -0.25) is 9.78 Å². The van der Waals surface area contributed by atoms with Crippen LogP contribution in [-0.4, -0.2) is 34.2 Å². The number of carbonyl (C=O) groups excluding carboxylic acids is 1. The van der Waals surface area contributed by atoms with E-state index in [1.54, 1.807) is 24.5 Å². The lowest BCUT2D eigenvalue weighted by Gasteiger charge is -2.31. The molecule has 28 heavy (non-hydrogen) atoms. The van der Waals surface area contributed by atoms with E-state index in [4.69, 9.17) is 11.6 Å². The van der Waals surface area contributed by atoms with Gasteiger partial charge >= 0.3 is 0 Å². The molecule has 0 atom stereocenters. The zero-order valence-electron chi connectivity index (χ0n) is 15.3. The number of hydrogen-bond donors (Lipinski definition) is 1. The van der Waals surface area contributed by atoms with Crippen LogP contribution in [0.2, 0.25) is 5.02 Å². The average Bonchev–Trinajstić information content (AvgIpc) is 2.75. The minimum Gasteiger partial charge on any atom is -0.355 e. The van der Waals surface area contributed by atoms with Crippen LogP contribution in [0.5, 0.6) is 0 Å². The lowest BCUT2D eigenvalue weighted by atomic mass is 9.96. The van der Waals surface area contributed by atoms with Crippen molar-refractivity contribution in [3.63, 3.8) is 0 Å².